The van der Waals surface area contributed by atoms with Gasteiger partial charge >= 0.3 is 5.97 Å². The van der Waals surface area contributed by atoms with Crippen LogP contribution >= 0.6 is 0 Å². The highest BCUT2D eigenvalue weighted by Crippen LogP contribution is 2.06. The number of hydrogen-bond acceptors (Lipinski definition) is 4. The van der Waals surface area contributed by atoms with E-state index in [-0.39, 0.29) is 12.1 Å². The molecule has 0 radical (unpaired) electrons. The number of likely N-dealkylation sites (N-methyl/N-ethyl adjacent to an activating group) is 1. The normalized spacial score (nSPS) is 12.2. The number of nitrogens with zero attached hydrogens (tertiary/aromatic N) is 1. The van der Waals surface area contributed by atoms with Gasteiger partial charge in [0.1, 0.15) is 6.10 Å². The van der Waals surface area contributed by atoms with Crippen LogP contribution < -0.4 is 0 Å². The summed E-state index contributed by atoms with van der Waals surface area (Å²) >= 11 is 0. The zero-order chi connectivity index (χ0) is 12.6. The van der Waals surface area contributed by atoms with Gasteiger partial charge in [-0.3, -0.25) is 4.79 Å². The molecule has 4 heteroatoms. The predicted octanol–water partition coefficient (Wildman–Crippen LogP) is 1.93. The Balaban J connectivity index is 4.18. The van der Waals surface area contributed by atoms with Crippen molar-refractivity contribution in [2.45, 2.75) is 26.4 Å². The fourth-order valence-electron chi connectivity index (χ4n) is 1.18. The molecule has 0 aromatic heterocycles. The minimum Gasteiger partial charge on any atom is -0.504 e. The first-order valence-corrected chi connectivity index (χ1v) is 5.27. The van der Waals surface area contributed by atoms with Crippen LogP contribution in [0.2, 0.25) is 0 Å². The summed E-state index contributed by atoms with van der Waals surface area (Å²) in [5.41, 5.74) is 0.812. The van der Waals surface area contributed by atoms with Crippen molar-refractivity contribution in [2.24, 2.45) is 0 Å². The summed E-state index contributed by atoms with van der Waals surface area (Å²) in [5.74, 6) is -0.252. The van der Waals surface area contributed by atoms with Crippen molar-refractivity contribution in [3.63, 3.8) is 0 Å². The van der Waals surface area contributed by atoms with Crippen LogP contribution in [0.25, 0.3) is 0 Å². The van der Waals surface area contributed by atoms with Crippen LogP contribution in [0, 0.1) is 0 Å². The van der Waals surface area contributed by atoms with E-state index >= 15 is 0 Å². The van der Waals surface area contributed by atoms with Gasteiger partial charge < -0.3 is 14.4 Å². The Kier molecular flexibility index (Phi) is 7.09. The predicted molar refractivity (Wildman–Crippen MR) is 63.8 cm³/mol. The van der Waals surface area contributed by atoms with Crippen LogP contribution in [0.15, 0.2) is 24.6 Å². The molecule has 0 rings (SSSR count). The number of carbonyl (C=O) groups is 1. The molecule has 0 heterocycles. The van der Waals surface area contributed by atoms with E-state index in [1.165, 1.54) is 6.92 Å². The molecule has 0 aliphatic carbocycles. The lowest BCUT2D eigenvalue weighted by molar-refractivity contribution is -0.147. The monoisotopic (exact) mass is 227 g/mol. The van der Waals surface area contributed by atoms with Gasteiger partial charge in [0.2, 0.25) is 0 Å². The maximum absolute atomic E-state index is 10.8. The number of rotatable bonds is 7. The first-order valence-electron chi connectivity index (χ1n) is 5.27. The lowest BCUT2D eigenvalue weighted by Gasteiger charge is -2.24. The minimum atomic E-state index is -0.252. The zero-order valence-electron chi connectivity index (χ0n) is 10.5. The van der Waals surface area contributed by atoms with Gasteiger partial charge in [-0.15, -0.1) is 0 Å². The van der Waals surface area contributed by atoms with E-state index in [9.17, 15) is 4.79 Å². The Morgan fingerprint density at radius 2 is 2.19 bits per heavy atom. The van der Waals surface area contributed by atoms with Crippen LogP contribution in [-0.4, -0.2) is 37.7 Å². The third-order valence-corrected chi connectivity index (χ3v) is 2.15. The summed E-state index contributed by atoms with van der Waals surface area (Å²) in [6, 6.07) is 0. The minimum absolute atomic E-state index is 0.102. The molecule has 0 amide bonds. The van der Waals surface area contributed by atoms with Crippen LogP contribution in [0.3, 0.4) is 0 Å². The molecule has 16 heavy (non-hydrogen) atoms. The molecule has 0 saturated carbocycles. The summed E-state index contributed by atoms with van der Waals surface area (Å²) in [5, 5.41) is 0. The Morgan fingerprint density at radius 1 is 1.56 bits per heavy atom. The van der Waals surface area contributed by atoms with E-state index in [1.807, 2.05) is 18.9 Å². The average molecular weight is 227 g/mol. The number of hydrogen-bond donors (Lipinski definition) is 0. The van der Waals surface area contributed by atoms with Crippen molar-refractivity contribution in [1.82, 2.24) is 4.90 Å². The summed E-state index contributed by atoms with van der Waals surface area (Å²) in [4.78, 5) is 12.8. The number of esters is 1. The summed E-state index contributed by atoms with van der Waals surface area (Å²) in [6.45, 7) is 7.91. The van der Waals surface area contributed by atoms with Crippen LogP contribution in [0.5, 0.6) is 0 Å². The van der Waals surface area contributed by atoms with Gasteiger partial charge in [0, 0.05) is 19.7 Å². The molecule has 1 unspecified atom stereocenters. The largest absolute Gasteiger partial charge is 0.504 e. The highest BCUT2D eigenvalue weighted by molar-refractivity contribution is 5.66. The maximum atomic E-state index is 10.8. The van der Waals surface area contributed by atoms with Gasteiger partial charge in [-0.25, -0.2) is 0 Å². The summed E-state index contributed by atoms with van der Waals surface area (Å²) in [6.07, 6.45) is 4.01. The molecule has 92 valence electrons. The molecule has 0 aromatic carbocycles. The molecule has 0 aliphatic heterocycles. The lowest BCUT2D eigenvalue weighted by Crippen LogP contribution is -2.30. The van der Waals surface area contributed by atoms with Gasteiger partial charge in [0.05, 0.1) is 19.9 Å². The topological polar surface area (TPSA) is 38.8 Å². The van der Waals surface area contributed by atoms with Gasteiger partial charge in [-0.05, 0) is 12.5 Å². The van der Waals surface area contributed by atoms with Crippen LogP contribution in [0.4, 0.5) is 0 Å². The van der Waals surface area contributed by atoms with Crippen molar-refractivity contribution in [3.8, 4) is 0 Å². The average Bonchev–Trinajstić information content (AvgIpc) is 2.23. The van der Waals surface area contributed by atoms with Crippen molar-refractivity contribution < 1.29 is 14.3 Å². The molecule has 4 nitrogen and oxygen atoms in total. The third-order valence-electron chi connectivity index (χ3n) is 2.15. The van der Waals surface area contributed by atoms with E-state index < -0.39 is 0 Å². The highest BCUT2D eigenvalue weighted by atomic mass is 16.5. The van der Waals surface area contributed by atoms with Gasteiger partial charge in [-0.2, -0.15) is 0 Å². The first-order chi connectivity index (χ1) is 7.51. The van der Waals surface area contributed by atoms with Gasteiger partial charge in [0.25, 0.3) is 0 Å². The number of ether oxygens (including phenoxy) is 2. The second-order valence-electron chi connectivity index (χ2n) is 3.55. The maximum Gasteiger partial charge on any atom is 0.302 e. The third kappa shape index (κ3) is 6.11. The van der Waals surface area contributed by atoms with Crippen LogP contribution in [-0.2, 0) is 14.3 Å². The fourth-order valence-corrected chi connectivity index (χ4v) is 1.18. The van der Waals surface area contributed by atoms with E-state index in [4.69, 9.17) is 9.47 Å². The van der Waals surface area contributed by atoms with Gasteiger partial charge in [-0.1, -0.05) is 13.5 Å². The Morgan fingerprint density at radius 3 is 2.62 bits per heavy atom. The van der Waals surface area contributed by atoms with Crippen molar-refractivity contribution in [2.75, 3.05) is 20.7 Å². The molecule has 0 spiro atoms. The van der Waals surface area contributed by atoms with Crippen molar-refractivity contribution in [1.29, 1.82) is 0 Å². The molecule has 0 bridgehead atoms. The Bertz CT molecular complexity index is 261. The Labute approximate surface area is 97.5 Å². The zero-order valence-corrected chi connectivity index (χ0v) is 10.5. The first kappa shape index (κ1) is 14.6. The van der Waals surface area contributed by atoms with E-state index in [2.05, 4.69) is 6.58 Å². The van der Waals surface area contributed by atoms with E-state index in [1.54, 1.807) is 19.4 Å². The molecular formula is C12H21NO3. The van der Waals surface area contributed by atoms with Crippen molar-refractivity contribution in [3.05, 3.63) is 24.6 Å². The SMILES string of the molecule is C=C(/C=C\OC)N(C)CC(CC)OC(C)=O. The van der Waals surface area contributed by atoms with Gasteiger partial charge in [0.15, 0.2) is 0 Å². The standard InChI is InChI=1S/C12H21NO3/c1-6-12(16-11(3)14)9-13(4)10(2)7-8-15-5/h7-8,12H,2,6,9H2,1,3-5H3/b8-7-. The second kappa shape index (κ2) is 7.79. The lowest BCUT2D eigenvalue weighted by atomic mass is 10.2. The molecule has 0 saturated heterocycles. The summed E-state index contributed by atoms with van der Waals surface area (Å²) < 4.78 is 9.95. The quantitative estimate of drug-likeness (QED) is 0.378. The smallest absolute Gasteiger partial charge is 0.302 e. The van der Waals surface area contributed by atoms with E-state index in [0.717, 1.165) is 12.1 Å². The highest BCUT2D eigenvalue weighted by Gasteiger charge is 2.12. The molecular weight excluding hydrogens is 206 g/mol. The molecule has 0 N–H and O–H groups in total. The Hall–Kier alpha value is -1.45. The molecule has 0 fully saturated rings. The number of carbonyl (C=O) groups excluding carboxylic acids is 1. The summed E-state index contributed by atoms with van der Waals surface area (Å²) in [7, 11) is 3.48. The molecule has 0 aromatic rings. The fraction of sp³-hybridized carbons (Fsp3) is 0.583. The van der Waals surface area contributed by atoms with Crippen molar-refractivity contribution >= 4 is 5.97 Å². The number of methoxy groups -OCH3 is 1. The molecule has 0 aliphatic rings. The second-order valence-corrected chi connectivity index (χ2v) is 3.55. The van der Waals surface area contributed by atoms with E-state index in [0.29, 0.717) is 6.54 Å². The molecule has 1 atom stereocenters. The number of allylic oxidation sites excluding steroid dienone is 1. The van der Waals surface area contributed by atoms with Crippen LogP contribution in [0.1, 0.15) is 20.3 Å².